The van der Waals surface area contributed by atoms with Gasteiger partial charge in [-0.1, -0.05) is 6.08 Å². The van der Waals surface area contributed by atoms with Crippen LogP contribution >= 0.6 is 0 Å². The standard InChI is InChI=1S/C44H79NO27/c1-5-6-57-7-8-58-9-10-59-11-12-60-13-14-61-15-16-62-17-18-63-22-27(23-64-26-24-65-44(2,66-25-26)43(56)45(3)4)67-40-36(54)33(51)38(29(20-47)69-40)72-42-37(55)34(52)39(30(21-48)70-42)71-41-35(53)32(50)31(49)28(19-46)68-41/h5,26-42,46-55H,1,6-25H2,2-4H3. The molecule has 4 heterocycles. The number of nitrogens with zero attached hydrogens (tertiary/aromatic N) is 1. The number of aliphatic hydroxyl groups excluding tert-OH is 10. The molecule has 0 aromatic rings. The molecule has 16 unspecified atom stereocenters. The van der Waals surface area contributed by atoms with Crippen LogP contribution in [0.25, 0.3) is 0 Å². The first-order valence-electron chi connectivity index (χ1n) is 23.9. The van der Waals surface area contributed by atoms with Gasteiger partial charge in [-0.25, -0.2) is 0 Å². The Balaban J connectivity index is 1.24. The van der Waals surface area contributed by atoms with Crippen LogP contribution in [0.3, 0.4) is 0 Å². The maximum Gasteiger partial charge on any atom is 0.282 e. The molecular formula is C44H79NO27. The van der Waals surface area contributed by atoms with Gasteiger partial charge in [0.1, 0.15) is 85.5 Å². The van der Waals surface area contributed by atoms with Crippen molar-refractivity contribution in [3.8, 4) is 0 Å². The van der Waals surface area contributed by atoms with E-state index in [-0.39, 0.29) is 46.2 Å². The molecule has 0 spiro atoms. The lowest BCUT2D eigenvalue weighted by Crippen LogP contribution is -2.66. The number of ether oxygens (including phenoxy) is 16. The molecule has 0 saturated carbocycles. The number of likely N-dealkylation sites (N-methyl/N-ethyl adjacent to an activating group) is 1. The summed E-state index contributed by atoms with van der Waals surface area (Å²) < 4.78 is 90.2. The molecule has 10 N–H and O–H groups in total. The summed E-state index contributed by atoms with van der Waals surface area (Å²) in [5.74, 6) is -1.93. The average Bonchev–Trinajstić information content (AvgIpc) is 3.37. The summed E-state index contributed by atoms with van der Waals surface area (Å²) in [6, 6.07) is 0. The quantitative estimate of drug-likeness (QED) is 0.0208. The Kier molecular flexibility index (Phi) is 29.0. The SMILES string of the molecule is C=CCOCCOCCOCCOCCOCCOCCOCC(COC1COC(C)(C(=O)N(C)C)OC1)OC1OC(CO)C(OC2OC(CO)C(OC3OC(CO)C(O)C(O)C3O)C(O)C2O)C(O)C1O. The molecule has 1 amide bonds. The minimum absolute atomic E-state index is 0.0292. The summed E-state index contributed by atoms with van der Waals surface area (Å²) >= 11 is 0. The summed E-state index contributed by atoms with van der Waals surface area (Å²) in [6.07, 6.45) is -26.1. The number of hydrogen-bond donors (Lipinski definition) is 10. The Labute approximate surface area is 417 Å². The average molecular weight is 1050 g/mol. The Morgan fingerprint density at radius 1 is 0.569 bits per heavy atom. The van der Waals surface area contributed by atoms with Gasteiger partial charge in [-0.2, -0.15) is 0 Å². The van der Waals surface area contributed by atoms with Gasteiger partial charge in [0, 0.05) is 14.1 Å². The lowest BCUT2D eigenvalue weighted by atomic mass is 9.96. The third-order valence-corrected chi connectivity index (χ3v) is 11.6. The molecule has 0 aliphatic carbocycles. The van der Waals surface area contributed by atoms with Crippen LogP contribution in [0.5, 0.6) is 0 Å². The van der Waals surface area contributed by atoms with E-state index in [1.807, 2.05) is 0 Å². The van der Waals surface area contributed by atoms with Gasteiger partial charge in [-0.05, 0) is 6.92 Å². The minimum atomic E-state index is -2.01. The number of aliphatic hydroxyl groups is 10. The van der Waals surface area contributed by atoms with Crippen molar-refractivity contribution in [2.24, 2.45) is 0 Å². The summed E-state index contributed by atoms with van der Waals surface area (Å²) in [5.41, 5.74) is 0. The molecule has 72 heavy (non-hydrogen) atoms. The molecule has 4 fully saturated rings. The molecule has 28 nitrogen and oxygen atoms in total. The van der Waals surface area contributed by atoms with E-state index in [4.69, 9.17) is 75.8 Å². The number of hydrogen-bond acceptors (Lipinski definition) is 27. The predicted molar refractivity (Wildman–Crippen MR) is 239 cm³/mol. The highest BCUT2D eigenvalue weighted by Gasteiger charge is 2.54. The van der Waals surface area contributed by atoms with Crippen molar-refractivity contribution in [1.82, 2.24) is 4.90 Å². The van der Waals surface area contributed by atoms with Crippen molar-refractivity contribution in [3.05, 3.63) is 12.7 Å². The molecule has 422 valence electrons. The van der Waals surface area contributed by atoms with Crippen molar-refractivity contribution >= 4 is 5.91 Å². The fraction of sp³-hybridized carbons (Fsp3) is 0.932. The first-order valence-corrected chi connectivity index (χ1v) is 23.9. The molecule has 0 aromatic carbocycles. The van der Waals surface area contributed by atoms with Crippen LogP contribution in [-0.2, 0) is 80.6 Å². The first-order chi connectivity index (χ1) is 34.6. The zero-order valence-electron chi connectivity index (χ0n) is 41.1. The Hall–Kier alpha value is -1.83. The molecule has 4 aliphatic rings. The molecule has 4 rings (SSSR count). The van der Waals surface area contributed by atoms with Crippen LogP contribution in [0.4, 0.5) is 0 Å². The van der Waals surface area contributed by atoms with Crippen LogP contribution in [0.1, 0.15) is 6.92 Å². The Bertz CT molecular complexity index is 1460. The Morgan fingerprint density at radius 2 is 0.972 bits per heavy atom. The fourth-order valence-electron chi connectivity index (χ4n) is 7.53. The molecule has 4 aliphatic heterocycles. The maximum absolute atomic E-state index is 12.6. The second-order valence-electron chi connectivity index (χ2n) is 17.3. The zero-order chi connectivity index (χ0) is 52.6. The molecule has 16 atom stereocenters. The largest absolute Gasteiger partial charge is 0.394 e. The van der Waals surface area contributed by atoms with Gasteiger partial charge in [-0.15, -0.1) is 6.58 Å². The summed E-state index contributed by atoms with van der Waals surface area (Å²) in [6.45, 7) is 6.83. The summed E-state index contributed by atoms with van der Waals surface area (Å²) in [5, 5.41) is 106. The second kappa shape index (κ2) is 33.4. The molecule has 0 bridgehead atoms. The van der Waals surface area contributed by atoms with E-state index in [0.29, 0.717) is 66.1 Å². The van der Waals surface area contributed by atoms with Crippen molar-refractivity contribution in [2.45, 2.75) is 117 Å². The van der Waals surface area contributed by atoms with Crippen LogP contribution < -0.4 is 0 Å². The molecular weight excluding hydrogens is 974 g/mol. The molecule has 28 heteroatoms. The number of carbonyl (C=O) groups excluding carboxylic acids is 1. The second-order valence-corrected chi connectivity index (χ2v) is 17.3. The smallest absolute Gasteiger partial charge is 0.282 e. The minimum Gasteiger partial charge on any atom is -0.394 e. The Morgan fingerprint density at radius 3 is 1.42 bits per heavy atom. The zero-order valence-corrected chi connectivity index (χ0v) is 41.1. The highest BCUT2D eigenvalue weighted by molar-refractivity contribution is 5.83. The van der Waals surface area contributed by atoms with Gasteiger partial charge in [-0.3, -0.25) is 4.79 Å². The number of amides is 1. The van der Waals surface area contributed by atoms with E-state index in [2.05, 4.69) is 6.58 Å². The lowest BCUT2D eigenvalue weighted by Gasteiger charge is -2.48. The number of carbonyl (C=O) groups is 1. The van der Waals surface area contributed by atoms with Gasteiger partial charge in [0.05, 0.1) is 132 Å². The topological polar surface area (TPSA) is 370 Å². The van der Waals surface area contributed by atoms with E-state index >= 15 is 0 Å². The van der Waals surface area contributed by atoms with Gasteiger partial charge < -0.3 is 132 Å². The van der Waals surface area contributed by atoms with E-state index in [9.17, 15) is 55.9 Å². The number of rotatable bonds is 35. The van der Waals surface area contributed by atoms with E-state index in [1.54, 1.807) is 20.2 Å². The normalized spacial score (nSPS) is 35.8. The van der Waals surface area contributed by atoms with Crippen LogP contribution in [0, 0.1) is 0 Å². The lowest BCUT2D eigenvalue weighted by molar-refractivity contribution is -0.381. The van der Waals surface area contributed by atoms with Gasteiger partial charge >= 0.3 is 0 Å². The van der Waals surface area contributed by atoms with E-state index in [0.717, 1.165) is 0 Å². The maximum atomic E-state index is 12.6. The van der Waals surface area contributed by atoms with Crippen LogP contribution in [0.2, 0.25) is 0 Å². The van der Waals surface area contributed by atoms with Crippen molar-refractivity contribution < 1.29 is 132 Å². The van der Waals surface area contributed by atoms with Crippen LogP contribution in [0.15, 0.2) is 12.7 Å². The molecule has 0 radical (unpaired) electrons. The third kappa shape index (κ3) is 19.3. The van der Waals surface area contributed by atoms with Crippen LogP contribution in [-0.4, -0.2) is 318 Å². The highest BCUT2D eigenvalue weighted by Crippen LogP contribution is 2.33. The van der Waals surface area contributed by atoms with Crippen molar-refractivity contribution in [2.75, 3.05) is 146 Å². The fourth-order valence-corrected chi connectivity index (χ4v) is 7.53. The molecule has 0 aromatic heterocycles. The monoisotopic (exact) mass is 1050 g/mol. The van der Waals surface area contributed by atoms with E-state index in [1.165, 1.54) is 11.8 Å². The van der Waals surface area contributed by atoms with E-state index < -0.39 is 136 Å². The molecule has 4 saturated heterocycles. The summed E-state index contributed by atoms with van der Waals surface area (Å²) in [7, 11) is 3.12. The van der Waals surface area contributed by atoms with Crippen molar-refractivity contribution in [3.63, 3.8) is 0 Å². The summed E-state index contributed by atoms with van der Waals surface area (Å²) in [4.78, 5) is 13.9. The van der Waals surface area contributed by atoms with Gasteiger partial charge in [0.2, 0.25) is 5.79 Å². The first kappa shape index (κ1) is 62.7. The predicted octanol–water partition coefficient (Wildman–Crippen LogP) is -6.64. The third-order valence-electron chi connectivity index (χ3n) is 11.6. The van der Waals surface area contributed by atoms with Gasteiger partial charge in [0.15, 0.2) is 18.9 Å². The van der Waals surface area contributed by atoms with Crippen molar-refractivity contribution in [1.29, 1.82) is 0 Å². The highest BCUT2D eigenvalue weighted by atomic mass is 16.8. The van der Waals surface area contributed by atoms with Gasteiger partial charge in [0.25, 0.3) is 5.91 Å².